The molecule has 0 amide bonds. The highest BCUT2D eigenvalue weighted by Gasteiger charge is 2.18. The fourth-order valence-corrected chi connectivity index (χ4v) is 2.92. The minimum absolute atomic E-state index is 0.387. The highest BCUT2D eigenvalue weighted by molar-refractivity contribution is 5.41. The van der Waals surface area contributed by atoms with Gasteiger partial charge >= 0.3 is 0 Å². The Bertz CT molecular complexity index is 388. The summed E-state index contributed by atoms with van der Waals surface area (Å²) in [6, 6.07) is 5.43. The van der Waals surface area contributed by atoms with Crippen LogP contribution in [0.4, 0.5) is 5.82 Å². The minimum atomic E-state index is 0.387. The highest BCUT2D eigenvalue weighted by Crippen LogP contribution is 2.23. The van der Waals surface area contributed by atoms with Gasteiger partial charge in [0.2, 0.25) is 0 Å². The molecule has 1 saturated heterocycles. The Kier molecular flexibility index (Phi) is 5.84. The van der Waals surface area contributed by atoms with Crippen LogP contribution in [-0.4, -0.2) is 24.1 Å². The molecule has 0 aliphatic carbocycles. The summed E-state index contributed by atoms with van der Waals surface area (Å²) in [5, 5.41) is 3.51. The van der Waals surface area contributed by atoms with Crippen molar-refractivity contribution in [1.29, 1.82) is 0 Å². The summed E-state index contributed by atoms with van der Waals surface area (Å²) in [6.07, 6.45) is 8.51. The molecule has 0 radical (unpaired) electrons. The first kappa shape index (κ1) is 15.3. The monoisotopic (exact) mass is 275 g/mol. The summed E-state index contributed by atoms with van der Waals surface area (Å²) in [4.78, 5) is 7.18. The van der Waals surface area contributed by atoms with Gasteiger partial charge in [-0.3, -0.25) is 0 Å². The zero-order chi connectivity index (χ0) is 14.4. The maximum absolute atomic E-state index is 4.71. The average Bonchev–Trinajstić information content (AvgIpc) is 2.69. The molecule has 1 aliphatic rings. The number of anilines is 1. The van der Waals surface area contributed by atoms with E-state index in [4.69, 9.17) is 4.98 Å². The molecule has 3 heteroatoms. The van der Waals surface area contributed by atoms with Crippen LogP contribution >= 0.6 is 0 Å². The summed E-state index contributed by atoms with van der Waals surface area (Å²) in [5.41, 5.74) is 1.28. The molecule has 0 aromatic carbocycles. The van der Waals surface area contributed by atoms with E-state index in [1.807, 2.05) is 6.20 Å². The Morgan fingerprint density at radius 2 is 2.20 bits per heavy atom. The van der Waals surface area contributed by atoms with Crippen LogP contribution in [0.3, 0.4) is 0 Å². The lowest BCUT2D eigenvalue weighted by Crippen LogP contribution is -2.33. The van der Waals surface area contributed by atoms with Gasteiger partial charge in [-0.05, 0) is 51.3 Å². The summed E-state index contributed by atoms with van der Waals surface area (Å²) >= 11 is 0. The van der Waals surface area contributed by atoms with E-state index in [1.54, 1.807) is 0 Å². The van der Waals surface area contributed by atoms with E-state index < -0.39 is 0 Å². The third kappa shape index (κ3) is 3.95. The molecule has 0 spiro atoms. The Morgan fingerprint density at radius 3 is 2.90 bits per heavy atom. The summed E-state index contributed by atoms with van der Waals surface area (Å²) in [5.74, 6) is 1.14. The Morgan fingerprint density at radius 1 is 1.35 bits per heavy atom. The minimum Gasteiger partial charge on any atom is -0.354 e. The number of nitrogens with one attached hydrogen (secondary N) is 1. The molecular formula is C17H29N3. The molecule has 2 rings (SSSR count). The lowest BCUT2D eigenvalue weighted by atomic mass is 10.1. The van der Waals surface area contributed by atoms with Crippen LogP contribution in [0.15, 0.2) is 18.3 Å². The number of aromatic nitrogens is 1. The van der Waals surface area contributed by atoms with Crippen LogP contribution in [0.25, 0.3) is 0 Å². The topological polar surface area (TPSA) is 28.2 Å². The van der Waals surface area contributed by atoms with Crippen LogP contribution < -0.4 is 10.2 Å². The predicted octanol–water partition coefficient (Wildman–Crippen LogP) is 3.91. The first-order chi connectivity index (χ1) is 9.72. The maximum Gasteiger partial charge on any atom is 0.128 e. The average molecular weight is 275 g/mol. The number of rotatable bonds is 5. The number of hydrogen-bond donors (Lipinski definition) is 1. The number of hydrogen-bond acceptors (Lipinski definition) is 3. The van der Waals surface area contributed by atoms with Gasteiger partial charge in [0, 0.05) is 24.8 Å². The normalized spacial score (nSPS) is 21.6. The maximum atomic E-state index is 4.71. The number of pyridine rings is 1. The van der Waals surface area contributed by atoms with Crippen LogP contribution in [0.1, 0.15) is 64.5 Å². The van der Waals surface area contributed by atoms with Crippen molar-refractivity contribution in [3.8, 4) is 0 Å². The fraction of sp³-hybridized carbons (Fsp3) is 0.706. The molecule has 0 saturated carbocycles. The first-order valence-corrected chi connectivity index (χ1v) is 8.18. The molecule has 20 heavy (non-hydrogen) atoms. The second-order valence-corrected chi connectivity index (χ2v) is 6.02. The lowest BCUT2D eigenvalue weighted by Gasteiger charge is -2.28. The number of nitrogens with zero attached hydrogens (tertiary/aromatic N) is 2. The molecule has 1 aromatic heterocycles. The van der Waals surface area contributed by atoms with Gasteiger partial charge < -0.3 is 10.2 Å². The Labute approximate surface area is 123 Å². The molecule has 112 valence electrons. The van der Waals surface area contributed by atoms with Crippen molar-refractivity contribution in [2.24, 2.45) is 0 Å². The molecule has 0 bridgehead atoms. The van der Waals surface area contributed by atoms with Gasteiger partial charge in [-0.25, -0.2) is 4.98 Å². The van der Waals surface area contributed by atoms with Gasteiger partial charge in [0.1, 0.15) is 5.82 Å². The summed E-state index contributed by atoms with van der Waals surface area (Å²) in [6.45, 7) is 8.94. The van der Waals surface area contributed by atoms with Crippen molar-refractivity contribution in [3.63, 3.8) is 0 Å². The van der Waals surface area contributed by atoms with E-state index in [9.17, 15) is 0 Å². The third-order valence-corrected chi connectivity index (χ3v) is 4.32. The highest BCUT2D eigenvalue weighted by atomic mass is 15.2. The van der Waals surface area contributed by atoms with Gasteiger partial charge in [0.15, 0.2) is 0 Å². The van der Waals surface area contributed by atoms with Gasteiger partial charge in [0.05, 0.1) is 0 Å². The second-order valence-electron chi connectivity index (χ2n) is 6.02. The Hall–Kier alpha value is -1.09. The van der Waals surface area contributed by atoms with Gasteiger partial charge in [-0.2, -0.15) is 0 Å². The van der Waals surface area contributed by atoms with E-state index in [-0.39, 0.29) is 0 Å². The van der Waals surface area contributed by atoms with Crippen LogP contribution in [0.2, 0.25) is 0 Å². The van der Waals surface area contributed by atoms with Gasteiger partial charge in [-0.1, -0.05) is 25.8 Å². The molecule has 2 unspecified atom stereocenters. The molecule has 2 atom stereocenters. The van der Waals surface area contributed by atoms with Crippen LogP contribution in [0, 0.1) is 0 Å². The van der Waals surface area contributed by atoms with Crippen molar-refractivity contribution < 1.29 is 0 Å². The zero-order valence-electron chi connectivity index (χ0n) is 13.2. The van der Waals surface area contributed by atoms with Crippen LogP contribution in [0.5, 0.6) is 0 Å². The standard InChI is InChI=1S/C17H29N3/c1-4-11-18-15(3)16-9-10-17(19-13-16)20-12-7-5-6-8-14(20)2/h9-10,13-15,18H,4-8,11-12H2,1-3H3. The van der Waals surface area contributed by atoms with E-state index in [0.29, 0.717) is 12.1 Å². The second kappa shape index (κ2) is 7.63. The third-order valence-electron chi connectivity index (χ3n) is 4.32. The first-order valence-electron chi connectivity index (χ1n) is 8.18. The molecular weight excluding hydrogens is 246 g/mol. The van der Waals surface area contributed by atoms with Crippen molar-refractivity contribution in [3.05, 3.63) is 23.9 Å². The fourth-order valence-electron chi connectivity index (χ4n) is 2.92. The smallest absolute Gasteiger partial charge is 0.128 e. The predicted molar refractivity (Wildman–Crippen MR) is 86.2 cm³/mol. The van der Waals surface area contributed by atoms with Crippen LogP contribution in [-0.2, 0) is 0 Å². The van der Waals surface area contributed by atoms with Crippen molar-refractivity contribution >= 4 is 5.82 Å². The largest absolute Gasteiger partial charge is 0.354 e. The zero-order valence-corrected chi connectivity index (χ0v) is 13.2. The molecule has 1 aromatic rings. The Balaban J connectivity index is 2.03. The van der Waals surface area contributed by atoms with Gasteiger partial charge in [-0.15, -0.1) is 0 Å². The summed E-state index contributed by atoms with van der Waals surface area (Å²) < 4.78 is 0. The van der Waals surface area contributed by atoms with E-state index >= 15 is 0 Å². The molecule has 1 fully saturated rings. The van der Waals surface area contributed by atoms with Crippen molar-refractivity contribution in [2.75, 3.05) is 18.0 Å². The quantitative estimate of drug-likeness (QED) is 0.883. The van der Waals surface area contributed by atoms with E-state index in [1.165, 1.54) is 37.7 Å². The van der Waals surface area contributed by atoms with Gasteiger partial charge in [0.25, 0.3) is 0 Å². The van der Waals surface area contributed by atoms with Crippen molar-refractivity contribution in [1.82, 2.24) is 10.3 Å². The molecule has 1 N–H and O–H groups in total. The lowest BCUT2D eigenvalue weighted by molar-refractivity contribution is 0.568. The van der Waals surface area contributed by atoms with E-state index in [0.717, 1.165) is 18.9 Å². The van der Waals surface area contributed by atoms with E-state index in [2.05, 4.69) is 43.1 Å². The van der Waals surface area contributed by atoms with Crippen molar-refractivity contribution in [2.45, 2.75) is 65.0 Å². The summed E-state index contributed by atoms with van der Waals surface area (Å²) in [7, 11) is 0. The molecule has 3 nitrogen and oxygen atoms in total. The SMILES string of the molecule is CCCNC(C)c1ccc(N2CCCCCC2C)nc1. The molecule has 2 heterocycles. The molecule has 1 aliphatic heterocycles.